The molecule has 3 heteroatoms. The van der Waals surface area contributed by atoms with Crippen molar-refractivity contribution in [1.82, 2.24) is 4.98 Å². The van der Waals surface area contributed by atoms with Crippen molar-refractivity contribution in [2.45, 2.75) is 47.0 Å². The molecule has 0 amide bonds. The van der Waals surface area contributed by atoms with E-state index in [9.17, 15) is 0 Å². The van der Waals surface area contributed by atoms with Gasteiger partial charge in [0.15, 0.2) is 5.13 Å². The molecule has 2 nitrogen and oxygen atoms in total. The van der Waals surface area contributed by atoms with E-state index in [0.29, 0.717) is 5.13 Å². The Morgan fingerprint density at radius 2 is 2.00 bits per heavy atom. The van der Waals surface area contributed by atoms with Gasteiger partial charge in [-0.1, -0.05) is 27.2 Å². The molecule has 0 aliphatic heterocycles. The molecule has 0 atom stereocenters. The normalized spacial score (nSPS) is 9.23. The number of thiazole rings is 1. The van der Waals surface area contributed by atoms with Gasteiger partial charge in [0.1, 0.15) is 0 Å². The van der Waals surface area contributed by atoms with Crippen molar-refractivity contribution in [3.63, 3.8) is 0 Å². The first-order valence-electron chi connectivity index (χ1n) is 4.95. The summed E-state index contributed by atoms with van der Waals surface area (Å²) in [6.07, 6.45) is 3.51. The molecule has 1 aromatic rings. The van der Waals surface area contributed by atoms with E-state index in [0.717, 1.165) is 6.42 Å². The van der Waals surface area contributed by atoms with Crippen molar-refractivity contribution in [2.75, 3.05) is 5.73 Å². The molecular weight excluding hydrogens is 180 g/mol. The summed E-state index contributed by atoms with van der Waals surface area (Å²) in [5.41, 5.74) is 6.75. The first-order chi connectivity index (χ1) is 6.24. The maximum atomic E-state index is 5.56. The number of unbranched alkanes of at least 4 members (excludes halogenated alkanes) is 1. The zero-order valence-electron chi connectivity index (χ0n) is 9.05. The largest absolute Gasteiger partial charge is 0.375 e. The van der Waals surface area contributed by atoms with Gasteiger partial charge in [-0.15, -0.1) is 11.3 Å². The van der Waals surface area contributed by atoms with Crippen LogP contribution in [0.4, 0.5) is 5.13 Å². The highest BCUT2D eigenvalue weighted by Gasteiger charge is 2.03. The number of nitrogens with zero attached hydrogens (tertiary/aromatic N) is 1. The van der Waals surface area contributed by atoms with Gasteiger partial charge < -0.3 is 5.73 Å². The van der Waals surface area contributed by atoms with Crippen LogP contribution < -0.4 is 5.73 Å². The highest BCUT2D eigenvalue weighted by molar-refractivity contribution is 7.15. The van der Waals surface area contributed by atoms with E-state index in [2.05, 4.69) is 18.8 Å². The highest BCUT2D eigenvalue weighted by Crippen LogP contribution is 2.20. The summed E-state index contributed by atoms with van der Waals surface area (Å²) < 4.78 is 0. The standard InChI is InChI=1S/C8H14N2S.C2H6/c1-3-4-5-7-6(2)11-8(9)10-7;1-2/h3-5H2,1-2H3,(H2,9,10);1-2H3. The average molecular weight is 200 g/mol. The second-order valence-corrected chi connectivity index (χ2v) is 3.89. The number of rotatable bonds is 3. The van der Waals surface area contributed by atoms with Crippen LogP contribution in [0.15, 0.2) is 0 Å². The molecular formula is C10H20N2S. The van der Waals surface area contributed by atoms with Crippen LogP contribution >= 0.6 is 11.3 Å². The number of hydrogen-bond donors (Lipinski definition) is 1. The van der Waals surface area contributed by atoms with Gasteiger partial charge in [-0.05, 0) is 19.8 Å². The summed E-state index contributed by atoms with van der Waals surface area (Å²) in [5.74, 6) is 0. The molecule has 0 spiro atoms. The predicted molar refractivity (Wildman–Crippen MR) is 61.2 cm³/mol. The number of hydrogen-bond acceptors (Lipinski definition) is 3. The lowest BCUT2D eigenvalue weighted by Gasteiger charge is -1.93. The van der Waals surface area contributed by atoms with Crippen LogP contribution in [0.2, 0.25) is 0 Å². The molecule has 0 saturated heterocycles. The van der Waals surface area contributed by atoms with Crippen molar-refractivity contribution in [3.8, 4) is 0 Å². The first-order valence-corrected chi connectivity index (χ1v) is 5.77. The monoisotopic (exact) mass is 200 g/mol. The van der Waals surface area contributed by atoms with E-state index >= 15 is 0 Å². The van der Waals surface area contributed by atoms with E-state index < -0.39 is 0 Å². The van der Waals surface area contributed by atoms with Gasteiger partial charge in [-0.25, -0.2) is 4.98 Å². The fourth-order valence-electron chi connectivity index (χ4n) is 1.03. The summed E-state index contributed by atoms with van der Waals surface area (Å²) in [4.78, 5) is 5.52. The molecule has 0 radical (unpaired) electrons. The lowest BCUT2D eigenvalue weighted by atomic mass is 10.2. The smallest absolute Gasteiger partial charge is 0.180 e. The van der Waals surface area contributed by atoms with Gasteiger partial charge in [0.2, 0.25) is 0 Å². The predicted octanol–water partition coefficient (Wildman–Crippen LogP) is 3.40. The number of nitrogens with two attached hydrogens (primary N) is 1. The molecule has 1 aromatic heterocycles. The Morgan fingerprint density at radius 1 is 1.38 bits per heavy atom. The molecule has 0 fully saturated rings. The third-order valence-electron chi connectivity index (χ3n) is 1.68. The Labute approximate surface area is 85.2 Å². The third kappa shape index (κ3) is 4.27. The Kier molecular flexibility index (Phi) is 6.59. The van der Waals surface area contributed by atoms with Crippen LogP contribution in [0.1, 0.15) is 44.2 Å². The fourth-order valence-corrected chi connectivity index (χ4v) is 1.76. The SMILES string of the molecule is CC.CCCCc1nc(N)sc1C. The first kappa shape index (κ1) is 12.4. The maximum absolute atomic E-state index is 5.56. The number of anilines is 1. The molecule has 2 N–H and O–H groups in total. The van der Waals surface area contributed by atoms with E-state index in [4.69, 9.17) is 5.73 Å². The van der Waals surface area contributed by atoms with Gasteiger partial charge in [0, 0.05) is 4.88 Å². The van der Waals surface area contributed by atoms with Gasteiger partial charge in [0.25, 0.3) is 0 Å². The molecule has 0 unspecified atom stereocenters. The molecule has 76 valence electrons. The van der Waals surface area contributed by atoms with Crippen LogP contribution in [0, 0.1) is 6.92 Å². The second kappa shape index (κ2) is 6.89. The molecule has 0 aromatic carbocycles. The van der Waals surface area contributed by atoms with Gasteiger partial charge >= 0.3 is 0 Å². The minimum atomic E-state index is 0.702. The van der Waals surface area contributed by atoms with E-state index in [1.165, 1.54) is 23.4 Å². The van der Waals surface area contributed by atoms with E-state index in [1.54, 1.807) is 11.3 Å². The summed E-state index contributed by atoms with van der Waals surface area (Å²) >= 11 is 1.59. The summed E-state index contributed by atoms with van der Waals surface area (Å²) in [7, 11) is 0. The van der Waals surface area contributed by atoms with Crippen LogP contribution in [0.3, 0.4) is 0 Å². The van der Waals surface area contributed by atoms with Crippen LogP contribution in [0.5, 0.6) is 0 Å². The summed E-state index contributed by atoms with van der Waals surface area (Å²) in [5, 5.41) is 0.702. The Morgan fingerprint density at radius 3 is 2.38 bits per heavy atom. The van der Waals surface area contributed by atoms with Gasteiger partial charge in [-0.2, -0.15) is 0 Å². The Hall–Kier alpha value is -0.570. The Bertz CT molecular complexity index is 231. The fraction of sp³-hybridized carbons (Fsp3) is 0.700. The lowest BCUT2D eigenvalue weighted by molar-refractivity contribution is 0.778. The highest BCUT2D eigenvalue weighted by atomic mass is 32.1. The molecule has 13 heavy (non-hydrogen) atoms. The quantitative estimate of drug-likeness (QED) is 0.812. The zero-order chi connectivity index (χ0) is 10.3. The number of aromatic nitrogens is 1. The minimum absolute atomic E-state index is 0.702. The summed E-state index contributed by atoms with van der Waals surface area (Å²) in [6, 6.07) is 0. The molecule has 1 heterocycles. The minimum Gasteiger partial charge on any atom is -0.375 e. The molecule has 0 aliphatic rings. The van der Waals surface area contributed by atoms with Crippen molar-refractivity contribution < 1.29 is 0 Å². The summed E-state index contributed by atoms with van der Waals surface area (Å²) in [6.45, 7) is 8.27. The molecule has 1 rings (SSSR count). The average Bonchev–Trinajstić information content (AvgIpc) is 2.45. The number of nitrogen functional groups attached to an aromatic ring is 1. The maximum Gasteiger partial charge on any atom is 0.180 e. The molecule has 0 aliphatic carbocycles. The zero-order valence-corrected chi connectivity index (χ0v) is 9.87. The van der Waals surface area contributed by atoms with Gasteiger partial charge in [-0.3, -0.25) is 0 Å². The third-order valence-corrected chi connectivity index (χ3v) is 2.52. The van der Waals surface area contributed by atoms with Crippen molar-refractivity contribution in [2.24, 2.45) is 0 Å². The van der Waals surface area contributed by atoms with Gasteiger partial charge in [0.05, 0.1) is 5.69 Å². The topological polar surface area (TPSA) is 38.9 Å². The molecule has 0 saturated carbocycles. The van der Waals surface area contributed by atoms with Crippen molar-refractivity contribution in [1.29, 1.82) is 0 Å². The lowest BCUT2D eigenvalue weighted by Crippen LogP contribution is -1.88. The van der Waals surface area contributed by atoms with Crippen molar-refractivity contribution in [3.05, 3.63) is 10.6 Å². The van der Waals surface area contributed by atoms with Crippen molar-refractivity contribution >= 4 is 16.5 Å². The van der Waals surface area contributed by atoms with Crippen LogP contribution in [-0.2, 0) is 6.42 Å². The number of aryl methyl sites for hydroxylation is 2. The van der Waals surface area contributed by atoms with Crippen LogP contribution in [-0.4, -0.2) is 4.98 Å². The molecule has 0 bridgehead atoms. The van der Waals surface area contributed by atoms with E-state index in [1.807, 2.05) is 13.8 Å². The van der Waals surface area contributed by atoms with Crippen LogP contribution in [0.25, 0.3) is 0 Å². The Balaban J connectivity index is 0.000000671. The van der Waals surface area contributed by atoms with E-state index in [-0.39, 0.29) is 0 Å². The second-order valence-electron chi connectivity index (χ2n) is 2.66.